The number of hydrogen-bond donors (Lipinski definition) is 1. The molecule has 0 bridgehead atoms. The highest BCUT2D eigenvalue weighted by Crippen LogP contribution is 2.39. The number of nitrogens with one attached hydrogen (secondary N) is 1. The third-order valence-corrected chi connectivity index (χ3v) is 6.42. The molecule has 0 spiro atoms. The van der Waals surface area contributed by atoms with Crippen molar-refractivity contribution in [3.63, 3.8) is 0 Å². The second-order valence-corrected chi connectivity index (χ2v) is 10.6. The molecule has 10 heteroatoms. The molecule has 1 unspecified atom stereocenters. The van der Waals surface area contributed by atoms with E-state index < -0.39 is 29.6 Å². The number of ether oxygens (including phenoxy) is 4. The predicted octanol–water partition coefficient (Wildman–Crippen LogP) is 5.22. The minimum atomic E-state index is -1.09. The van der Waals surface area contributed by atoms with Gasteiger partial charge in [-0.25, -0.2) is 9.59 Å². The molecule has 0 saturated heterocycles. The van der Waals surface area contributed by atoms with Crippen LogP contribution in [0.1, 0.15) is 36.7 Å². The summed E-state index contributed by atoms with van der Waals surface area (Å²) in [6, 6.07) is 13.4. The summed E-state index contributed by atoms with van der Waals surface area (Å²) in [5.74, 6) is -0.281. The Labute approximate surface area is 229 Å². The lowest BCUT2D eigenvalue weighted by atomic mass is 10.0. The van der Waals surface area contributed by atoms with E-state index >= 15 is 0 Å². The third kappa shape index (κ3) is 5.70. The number of carbonyl (C=O) groups is 3. The molecule has 2 amide bonds. The summed E-state index contributed by atoms with van der Waals surface area (Å²) in [5.41, 5.74) is 0.514. The molecule has 4 rings (SSSR count). The van der Waals surface area contributed by atoms with Crippen LogP contribution in [0, 0.1) is 0 Å². The van der Waals surface area contributed by atoms with Crippen LogP contribution in [-0.2, 0) is 20.8 Å². The first-order valence-corrected chi connectivity index (χ1v) is 12.7. The van der Waals surface area contributed by atoms with Crippen LogP contribution >= 0.6 is 15.9 Å². The Kier molecular flexibility index (Phi) is 7.82. The van der Waals surface area contributed by atoms with Crippen LogP contribution < -0.4 is 19.7 Å². The number of fused-ring (bicyclic) bond motifs is 2. The Morgan fingerprint density at radius 1 is 1.13 bits per heavy atom. The second-order valence-electron chi connectivity index (χ2n) is 9.69. The zero-order chi connectivity index (χ0) is 27.6. The summed E-state index contributed by atoms with van der Waals surface area (Å²) in [6.07, 6.45) is -0.758. The molecule has 0 aromatic heterocycles. The van der Waals surface area contributed by atoms with Gasteiger partial charge in [-0.1, -0.05) is 34.1 Å². The van der Waals surface area contributed by atoms with E-state index in [1.165, 1.54) is 12.0 Å². The van der Waals surface area contributed by atoms with Crippen LogP contribution in [0.5, 0.6) is 11.5 Å². The Bertz CT molecular complexity index is 1400. The minimum Gasteiger partial charge on any atom is -0.496 e. The van der Waals surface area contributed by atoms with Gasteiger partial charge in [-0.15, -0.1) is 0 Å². The number of methoxy groups -OCH3 is 2. The van der Waals surface area contributed by atoms with Gasteiger partial charge in [-0.05, 0) is 61.9 Å². The molecule has 9 nitrogen and oxygen atoms in total. The first-order valence-electron chi connectivity index (χ1n) is 11.9. The first-order chi connectivity index (χ1) is 18.0. The number of amides is 2. The van der Waals surface area contributed by atoms with Crippen LogP contribution in [0.15, 0.2) is 53.0 Å². The van der Waals surface area contributed by atoms with Crippen molar-refractivity contribution >= 4 is 50.4 Å². The van der Waals surface area contributed by atoms with Crippen molar-refractivity contribution in [2.75, 3.05) is 25.7 Å². The molecular formula is C28H29BrN2O7. The van der Waals surface area contributed by atoms with Gasteiger partial charge in [0.15, 0.2) is 5.75 Å². The minimum absolute atomic E-state index is 0.0778. The lowest BCUT2D eigenvalue weighted by Gasteiger charge is -2.27. The monoisotopic (exact) mass is 584 g/mol. The average Bonchev–Trinajstić information content (AvgIpc) is 2.99. The van der Waals surface area contributed by atoms with Gasteiger partial charge in [0.2, 0.25) is 0 Å². The molecule has 3 aromatic rings. The highest BCUT2D eigenvalue weighted by atomic mass is 79.9. The van der Waals surface area contributed by atoms with Crippen LogP contribution in [0.4, 0.5) is 10.5 Å². The highest BCUT2D eigenvalue weighted by Gasteiger charge is 2.36. The molecule has 0 radical (unpaired) electrons. The normalized spacial score (nSPS) is 15.3. The number of hydrogen-bond acceptors (Lipinski definition) is 7. The molecule has 200 valence electrons. The highest BCUT2D eigenvalue weighted by molar-refractivity contribution is 9.10. The van der Waals surface area contributed by atoms with E-state index in [-0.39, 0.29) is 24.5 Å². The van der Waals surface area contributed by atoms with Gasteiger partial charge in [0.05, 0.1) is 26.5 Å². The Morgan fingerprint density at radius 3 is 2.58 bits per heavy atom. The number of esters is 1. The van der Waals surface area contributed by atoms with Gasteiger partial charge in [0.25, 0.3) is 5.91 Å². The molecule has 1 aliphatic rings. The number of anilines is 1. The summed E-state index contributed by atoms with van der Waals surface area (Å²) in [5, 5.41) is 4.45. The van der Waals surface area contributed by atoms with Crippen LogP contribution in [-0.4, -0.2) is 50.4 Å². The maximum atomic E-state index is 14.0. The Hall–Kier alpha value is -3.79. The molecule has 1 aliphatic heterocycles. The number of rotatable bonds is 5. The molecule has 0 saturated carbocycles. The van der Waals surface area contributed by atoms with Gasteiger partial charge < -0.3 is 29.2 Å². The summed E-state index contributed by atoms with van der Waals surface area (Å²) in [4.78, 5) is 40.6. The SMILES string of the molecule is COC(=O)c1cccc2c1OCC(NC(=O)OC(C)(C)C)C(=O)N2Cc1c(OC)ccc2cc(Br)ccc12. The molecule has 1 atom stereocenters. The van der Waals surface area contributed by atoms with Crippen molar-refractivity contribution in [1.82, 2.24) is 5.32 Å². The molecule has 0 fully saturated rings. The van der Waals surface area contributed by atoms with Gasteiger partial charge in [0.1, 0.15) is 29.6 Å². The van der Waals surface area contributed by atoms with E-state index in [9.17, 15) is 14.4 Å². The van der Waals surface area contributed by atoms with Crippen molar-refractivity contribution in [2.45, 2.75) is 39.0 Å². The predicted molar refractivity (Wildman–Crippen MR) is 146 cm³/mol. The number of benzene rings is 3. The summed E-state index contributed by atoms with van der Waals surface area (Å²) in [6.45, 7) is 5.06. The van der Waals surface area contributed by atoms with E-state index in [0.717, 1.165) is 20.8 Å². The van der Waals surface area contributed by atoms with Crippen LogP contribution in [0.25, 0.3) is 10.8 Å². The number of nitrogens with zero attached hydrogens (tertiary/aromatic N) is 1. The topological polar surface area (TPSA) is 103 Å². The second kappa shape index (κ2) is 10.9. The largest absolute Gasteiger partial charge is 0.496 e. The number of alkyl carbamates (subject to hydrolysis) is 1. The molecule has 0 aliphatic carbocycles. The third-order valence-electron chi connectivity index (χ3n) is 5.93. The summed E-state index contributed by atoms with van der Waals surface area (Å²) in [7, 11) is 2.83. The number of para-hydroxylation sites is 1. The van der Waals surface area contributed by atoms with Crippen molar-refractivity contribution in [3.8, 4) is 11.5 Å². The smallest absolute Gasteiger partial charge is 0.408 e. The summed E-state index contributed by atoms with van der Waals surface area (Å²) >= 11 is 3.50. The van der Waals surface area contributed by atoms with Crippen molar-refractivity contribution in [3.05, 3.63) is 64.1 Å². The fraction of sp³-hybridized carbons (Fsp3) is 0.321. The lowest BCUT2D eigenvalue weighted by molar-refractivity contribution is -0.121. The zero-order valence-electron chi connectivity index (χ0n) is 21.8. The Balaban J connectivity index is 1.83. The molecule has 38 heavy (non-hydrogen) atoms. The van der Waals surface area contributed by atoms with E-state index in [4.69, 9.17) is 18.9 Å². The fourth-order valence-electron chi connectivity index (χ4n) is 4.28. The standard InChI is InChI=1S/C28H29BrN2O7/c1-28(2,3)38-27(34)30-21-15-37-24-19(26(33)36-5)7-6-8-22(24)31(25(21)32)14-20-18-11-10-17(29)13-16(18)9-12-23(20)35-4/h6-13,21H,14-15H2,1-5H3,(H,30,34). The van der Waals surface area contributed by atoms with E-state index in [0.29, 0.717) is 11.4 Å². The lowest BCUT2D eigenvalue weighted by Crippen LogP contribution is -2.51. The molecular weight excluding hydrogens is 556 g/mol. The number of carbonyl (C=O) groups excluding carboxylic acids is 3. The molecule has 3 aromatic carbocycles. The van der Waals surface area contributed by atoms with Crippen LogP contribution in [0.3, 0.4) is 0 Å². The summed E-state index contributed by atoms with van der Waals surface area (Å²) < 4.78 is 22.9. The van der Waals surface area contributed by atoms with Gasteiger partial charge in [-0.3, -0.25) is 4.79 Å². The van der Waals surface area contributed by atoms with Crippen molar-refractivity contribution in [1.29, 1.82) is 0 Å². The Morgan fingerprint density at radius 2 is 1.89 bits per heavy atom. The van der Waals surface area contributed by atoms with Gasteiger partial charge >= 0.3 is 12.1 Å². The van der Waals surface area contributed by atoms with E-state index in [1.807, 2.05) is 30.3 Å². The van der Waals surface area contributed by atoms with E-state index in [1.54, 1.807) is 46.1 Å². The van der Waals surface area contributed by atoms with E-state index in [2.05, 4.69) is 21.2 Å². The van der Waals surface area contributed by atoms with Crippen molar-refractivity contribution in [2.24, 2.45) is 0 Å². The maximum absolute atomic E-state index is 14.0. The first kappa shape index (κ1) is 27.3. The quantitative estimate of drug-likeness (QED) is 0.410. The fourth-order valence-corrected chi connectivity index (χ4v) is 4.66. The molecule has 1 heterocycles. The van der Waals surface area contributed by atoms with Crippen molar-refractivity contribution < 1.29 is 33.3 Å². The maximum Gasteiger partial charge on any atom is 0.408 e. The molecule has 1 N–H and O–H groups in total. The van der Waals surface area contributed by atoms with Gasteiger partial charge in [0, 0.05) is 10.0 Å². The van der Waals surface area contributed by atoms with Crippen LogP contribution in [0.2, 0.25) is 0 Å². The number of halogens is 1. The van der Waals surface area contributed by atoms with Gasteiger partial charge in [-0.2, -0.15) is 0 Å². The average molecular weight is 585 g/mol. The zero-order valence-corrected chi connectivity index (χ0v) is 23.4.